The van der Waals surface area contributed by atoms with E-state index in [4.69, 9.17) is 5.73 Å². The van der Waals surface area contributed by atoms with Crippen molar-refractivity contribution < 1.29 is 4.79 Å². The normalized spacial score (nSPS) is 15.8. The molecule has 1 fully saturated rings. The molecule has 2 heterocycles. The van der Waals surface area contributed by atoms with Crippen LogP contribution in [0.4, 0.5) is 11.4 Å². The summed E-state index contributed by atoms with van der Waals surface area (Å²) in [5.41, 5.74) is 10.2. The third-order valence-corrected chi connectivity index (χ3v) is 5.08. The fraction of sp³-hybridized carbons (Fsp3) is 0.304. The number of hydrogen-bond donors (Lipinski definition) is 3. The van der Waals surface area contributed by atoms with Crippen molar-refractivity contribution in [3.63, 3.8) is 0 Å². The average molecular weight is 392 g/mol. The summed E-state index contributed by atoms with van der Waals surface area (Å²) in [4.78, 5) is 17.5. The highest BCUT2D eigenvalue weighted by atomic mass is 16.1. The summed E-state index contributed by atoms with van der Waals surface area (Å²) in [5, 5.41) is 6.23. The molecule has 152 valence electrons. The fourth-order valence-corrected chi connectivity index (χ4v) is 3.35. The van der Waals surface area contributed by atoms with Crippen LogP contribution in [0.15, 0.2) is 65.4 Å². The van der Waals surface area contributed by atoms with Crippen LogP contribution in [0.2, 0.25) is 0 Å². The Hall–Kier alpha value is -3.28. The lowest BCUT2D eigenvalue weighted by Gasteiger charge is -2.29. The van der Waals surface area contributed by atoms with E-state index in [0.29, 0.717) is 17.8 Å². The van der Waals surface area contributed by atoms with Gasteiger partial charge in [0.05, 0.1) is 6.54 Å². The molecule has 0 unspecified atom stereocenters. The smallest absolute Gasteiger partial charge is 0.152 e. The quantitative estimate of drug-likeness (QED) is 0.551. The number of anilines is 2. The Morgan fingerprint density at radius 1 is 1.10 bits per heavy atom. The number of hydrogen-bond acceptors (Lipinski definition) is 6. The Labute approximate surface area is 172 Å². The van der Waals surface area contributed by atoms with E-state index >= 15 is 0 Å². The summed E-state index contributed by atoms with van der Waals surface area (Å²) in [6.07, 6.45) is 6.56. The predicted octanol–water partition coefficient (Wildman–Crippen LogP) is 3.17. The molecule has 0 saturated carbocycles. The van der Waals surface area contributed by atoms with Crippen LogP contribution in [-0.4, -0.2) is 38.8 Å². The first-order valence-corrected chi connectivity index (χ1v) is 10.0. The predicted molar refractivity (Wildman–Crippen MR) is 120 cm³/mol. The minimum Gasteiger partial charge on any atom is -0.398 e. The highest BCUT2D eigenvalue weighted by molar-refractivity contribution is 5.99. The number of benzene rings is 2. The zero-order chi connectivity index (χ0) is 20.5. The molecule has 6 nitrogen and oxygen atoms in total. The zero-order valence-corrected chi connectivity index (χ0v) is 16.9. The van der Waals surface area contributed by atoms with Crippen LogP contribution in [0.3, 0.4) is 0 Å². The van der Waals surface area contributed by atoms with Crippen molar-refractivity contribution in [3.05, 3.63) is 71.6 Å². The maximum Gasteiger partial charge on any atom is 0.152 e. The first kappa shape index (κ1) is 20.5. The van der Waals surface area contributed by atoms with Gasteiger partial charge in [-0.1, -0.05) is 30.3 Å². The largest absolute Gasteiger partial charge is 0.398 e. The van der Waals surface area contributed by atoms with E-state index in [1.165, 1.54) is 19.3 Å². The Balaban J connectivity index is 0.000000166. The second-order valence-electron chi connectivity index (χ2n) is 7.07. The van der Waals surface area contributed by atoms with Gasteiger partial charge < -0.3 is 21.3 Å². The van der Waals surface area contributed by atoms with E-state index < -0.39 is 0 Å². The summed E-state index contributed by atoms with van der Waals surface area (Å²) in [6.45, 7) is 2.89. The first-order valence-electron chi connectivity index (χ1n) is 10.0. The maximum absolute atomic E-state index is 10.8. The highest BCUT2D eigenvalue weighted by Gasteiger charge is 2.11. The highest BCUT2D eigenvalue weighted by Crippen LogP contribution is 2.23. The van der Waals surface area contributed by atoms with Crippen LogP contribution in [0.1, 0.15) is 35.2 Å². The molecule has 0 bridgehead atoms. The van der Waals surface area contributed by atoms with Gasteiger partial charge in [0.15, 0.2) is 6.29 Å². The van der Waals surface area contributed by atoms with Crippen molar-refractivity contribution in [2.75, 3.05) is 37.3 Å². The standard InChI is InChI=1S/C12H16N2O.C11H13N3/c13-12-5-4-11(8-10(12)9-15)14-6-2-1-3-7-14;1-12-10-7-13-11(14-8-10)9-5-3-2-4-6-9/h4-5,8-9H,1-3,6-7,13H2;2-7,12H,8H2,1H3,(H,13,14). The van der Waals surface area contributed by atoms with Crippen LogP contribution in [0.5, 0.6) is 0 Å². The van der Waals surface area contributed by atoms with Gasteiger partial charge in [0, 0.05) is 54.5 Å². The molecule has 0 aromatic heterocycles. The lowest BCUT2D eigenvalue weighted by atomic mass is 10.1. The lowest BCUT2D eigenvalue weighted by Crippen LogP contribution is -2.29. The first-order chi connectivity index (χ1) is 14.2. The van der Waals surface area contributed by atoms with Crippen molar-refractivity contribution in [2.45, 2.75) is 19.3 Å². The number of aliphatic imine (C=N–C) groups is 1. The van der Waals surface area contributed by atoms with E-state index in [9.17, 15) is 4.79 Å². The van der Waals surface area contributed by atoms with Gasteiger partial charge in [0.2, 0.25) is 0 Å². The van der Waals surface area contributed by atoms with Crippen molar-refractivity contribution in [2.24, 2.45) is 4.99 Å². The molecular formula is C23H29N5O. The van der Waals surface area contributed by atoms with Gasteiger partial charge in [0.1, 0.15) is 5.84 Å². The molecule has 0 aliphatic carbocycles. The Kier molecular flexibility index (Phi) is 7.28. The van der Waals surface area contributed by atoms with Crippen molar-refractivity contribution >= 4 is 23.5 Å². The molecule has 0 amide bonds. The SMILES string of the molecule is CNC1=CNC(c2ccccc2)=NC1.Nc1ccc(N2CCCCC2)cc1C=O. The van der Waals surface area contributed by atoms with Gasteiger partial charge in [-0.2, -0.15) is 0 Å². The maximum atomic E-state index is 10.8. The van der Waals surface area contributed by atoms with Crippen molar-refractivity contribution in [1.82, 2.24) is 10.6 Å². The molecule has 0 radical (unpaired) electrons. The number of piperidine rings is 1. The molecule has 0 spiro atoms. The lowest BCUT2D eigenvalue weighted by molar-refractivity contribution is 0.112. The van der Waals surface area contributed by atoms with E-state index in [1.54, 1.807) is 0 Å². The van der Waals surface area contributed by atoms with Gasteiger partial charge in [-0.15, -0.1) is 0 Å². The Bertz CT molecular complexity index is 870. The van der Waals surface area contributed by atoms with E-state index in [1.807, 2.05) is 61.8 Å². The van der Waals surface area contributed by atoms with E-state index in [2.05, 4.69) is 20.5 Å². The monoisotopic (exact) mass is 391 g/mol. The fourth-order valence-electron chi connectivity index (χ4n) is 3.35. The van der Waals surface area contributed by atoms with Crippen LogP contribution < -0.4 is 21.3 Å². The molecule has 2 aromatic rings. The summed E-state index contributed by atoms with van der Waals surface area (Å²) in [5.74, 6) is 0.935. The summed E-state index contributed by atoms with van der Waals surface area (Å²) < 4.78 is 0. The van der Waals surface area contributed by atoms with Crippen LogP contribution >= 0.6 is 0 Å². The van der Waals surface area contributed by atoms with E-state index in [0.717, 1.165) is 42.2 Å². The van der Waals surface area contributed by atoms with E-state index in [-0.39, 0.29) is 0 Å². The number of amidine groups is 1. The van der Waals surface area contributed by atoms with Gasteiger partial charge in [-0.25, -0.2) is 0 Å². The summed E-state index contributed by atoms with van der Waals surface area (Å²) in [7, 11) is 1.90. The average Bonchev–Trinajstić information content (AvgIpc) is 2.81. The number of carbonyl (C=O) groups excluding carboxylic acids is 1. The second-order valence-corrected chi connectivity index (χ2v) is 7.07. The second kappa shape index (κ2) is 10.3. The molecular weight excluding hydrogens is 362 g/mol. The van der Waals surface area contributed by atoms with Crippen LogP contribution in [-0.2, 0) is 0 Å². The Morgan fingerprint density at radius 3 is 2.48 bits per heavy atom. The van der Waals surface area contributed by atoms with Crippen molar-refractivity contribution in [3.8, 4) is 0 Å². The molecule has 4 rings (SSSR count). The minimum atomic E-state index is 0.561. The number of rotatable bonds is 4. The number of aldehydes is 1. The van der Waals surface area contributed by atoms with Gasteiger partial charge >= 0.3 is 0 Å². The van der Waals surface area contributed by atoms with Crippen LogP contribution in [0.25, 0.3) is 0 Å². The van der Waals surface area contributed by atoms with Crippen LogP contribution in [0, 0.1) is 0 Å². The van der Waals surface area contributed by atoms with Gasteiger partial charge in [-0.3, -0.25) is 9.79 Å². The molecule has 0 atom stereocenters. The molecule has 2 aromatic carbocycles. The molecule has 29 heavy (non-hydrogen) atoms. The minimum absolute atomic E-state index is 0.561. The van der Waals surface area contributed by atoms with Gasteiger partial charge in [0.25, 0.3) is 0 Å². The third kappa shape index (κ3) is 5.60. The number of nitrogens with two attached hydrogens (primary N) is 1. The number of nitrogen functional groups attached to an aromatic ring is 1. The van der Waals surface area contributed by atoms with Gasteiger partial charge in [-0.05, 0) is 37.5 Å². The number of carbonyl (C=O) groups is 1. The van der Waals surface area contributed by atoms with Crippen molar-refractivity contribution in [1.29, 1.82) is 0 Å². The summed E-state index contributed by atoms with van der Waals surface area (Å²) >= 11 is 0. The molecule has 6 heteroatoms. The molecule has 2 aliphatic heterocycles. The number of nitrogens with one attached hydrogen (secondary N) is 2. The molecule has 1 saturated heterocycles. The molecule has 2 aliphatic rings. The number of likely N-dealkylation sites (N-methyl/N-ethyl adjacent to an activating group) is 1. The summed E-state index contributed by atoms with van der Waals surface area (Å²) in [6, 6.07) is 15.8. The number of nitrogens with zero attached hydrogens (tertiary/aromatic N) is 2. The third-order valence-electron chi connectivity index (χ3n) is 5.08. The Morgan fingerprint density at radius 2 is 1.86 bits per heavy atom. The topological polar surface area (TPSA) is 82.8 Å². The zero-order valence-electron chi connectivity index (χ0n) is 16.9. The molecule has 4 N–H and O–H groups in total.